The first-order chi connectivity index (χ1) is 18.1. The number of aliphatic hydroxyl groups is 1. The molecule has 0 aliphatic carbocycles. The highest BCUT2D eigenvalue weighted by Crippen LogP contribution is 2.37. The zero-order chi connectivity index (χ0) is 28.8. The van der Waals surface area contributed by atoms with Gasteiger partial charge in [-0.2, -0.15) is 13.2 Å². The van der Waals surface area contributed by atoms with E-state index in [1.54, 1.807) is 38.7 Å². The van der Waals surface area contributed by atoms with Gasteiger partial charge in [0.2, 0.25) is 0 Å². The predicted molar refractivity (Wildman–Crippen MR) is 136 cm³/mol. The third-order valence-electron chi connectivity index (χ3n) is 6.60. The van der Waals surface area contributed by atoms with Crippen LogP contribution in [0.4, 0.5) is 28.2 Å². The van der Waals surface area contributed by atoms with Crippen LogP contribution in [-0.4, -0.2) is 49.7 Å². The molecule has 39 heavy (non-hydrogen) atoms. The maximum Gasteiger partial charge on any atom is 0.419 e. The number of likely N-dealkylation sites (tertiary alicyclic amines) is 1. The number of halogens is 4. The number of aromatic nitrogens is 3. The number of hydrogen-bond acceptors (Lipinski definition) is 7. The van der Waals surface area contributed by atoms with Crippen molar-refractivity contribution >= 4 is 22.9 Å². The third kappa shape index (κ3) is 6.21. The fourth-order valence-electron chi connectivity index (χ4n) is 4.55. The Balaban J connectivity index is 1.61. The van der Waals surface area contributed by atoms with Crippen molar-refractivity contribution in [2.24, 2.45) is 0 Å². The number of fused-ring (bicyclic) bond motifs is 1. The molecule has 8 nitrogen and oxygen atoms in total. The minimum Gasteiger partial charge on any atom is -0.444 e. The van der Waals surface area contributed by atoms with Gasteiger partial charge in [-0.1, -0.05) is 12.1 Å². The van der Waals surface area contributed by atoms with Gasteiger partial charge in [0.05, 0.1) is 22.6 Å². The van der Waals surface area contributed by atoms with E-state index in [4.69, 9.17) is 4.74 Å². The standard InChI is InChI=1S/C27H31F4N5O3/c1-15(18-7-6-8-20(21(18)28)27(29,30)31)33-23-19-13-17(14-32-22(19)34-16(2)35-23)26(38)9-11-36(12-10-26)24(37)39-25(3,4)5/h6-8,13-15,38H,9-12H2,1-5H3,(H,32,33,34,35)/t15-/m1/s1. The van der Waals surface area contributed by atoms with Crippen LogP contribution >= 0.6 is 0 Å². The molecular weight excluding hydrogens is 518 g/mol. The van der Waals surface area contributed by atoms with E-state index in [2.05, 4.69) is 20.3 Å². The molecule has 3 aromatic rings. The Morgan fingerprint density at radius 3 is 2.46 bits per heavy atom. The number of hydrogen-bond donors (Lipinski definition) is 2. The van der Waals surface area contributed by atoms with Gasteiger partial charge in [0, 0.05) is 30.4 Å². The van der Waals surface area contributed by atoms with E-state index in [-0.39, 0.29) is 37.3 Å². The molecule has 0 radical (unpaired) electrons. The van der Waals surface area contributed by atoms with Crippen LogP contribution in [0.5, 0.6) is 0 Å². The molecular formula is C27H31F4N5O3. The molecule has 1 atom stereocenters. The molecule has 210 valence electrons. The minimum atomic E-state index is -4.83. The molecule has 12 heteroatoms. The van der Waals surface area contributed by atoms with E-state index in [1.807, 2.05) is 0 Å². The van der Waals surface area contributed by atoms with Crippen molar-refractivity contribution in [2.45, 2.75) is 70.9 Å². The minimum absolute atomic E-state index is 0.175. The Morgan fingerprint density at radius 2 is 1.85 bits per heavy atom. The summed E-state index contributed by atoms with van der Waals surface area (Å²) in [6.45, 7) is 9.04. The molecule has 3 heterocycles. The molecule has 1 aromatic carbocycles. The zero-order valence-corrected chi connectivity index (χ0v) is 22.4. The van der Waals surface area contributed by atoms with Crippen molar-refractivity contribution in [3.8, 4) is 0 Å². The molecule has 1 aliphatic heterocycles. The van der Waals surface area contributed by atoms with E-state index < -0.39 is 40.9 Å². The topological polar surface area (TPSA) is 100 Å². The number of piperidine rings is 1. The molecule has 0 bridgehead atoms. The largest absolute Gasteiger partial charge is 0.444 e. The van der Waals surface area contributed by atoms with E-state index >= 15 is 0 Å². The summed E-state index contributed by atoms with van der Waals surface area (Å²) < 4.78 is 59.9. The van der Waals surface area contributed by atoms with Gasteiger partial charge in [0.25, 0.3) is 0 Å². The lowest BCUT2D eigenvalue weighted by molar-refractivity contribution is -0.140. The van der Waals surface area contributed by atoms with Gasteiger partial charge < -0.3 is 20.1 Å². The van der Waals surface area contributed by atoms with Crippen molar-refractivity contribution in [3.05, 3.63) is 58.8 Å². The Hall–Kier alpha value is -3.54. The normalized spacial score (nSPS) is 16.7. The number of carbonyl (C=O) groups excluding carboxylic acids is 1. The van der Waals surface area contributed by atoms with Crippen molar-refractivity contribution < 1.29 is 32.2 Å². The average molecular weight is 550 g/mol. The number of nitrogens with one attached hydrogen (secondary N) is 1. The Labute approximate surface area is 223 Å². The fourth-order valence-corrected chi connectivity index (χ4v) is 4.55. The van der Waals surface area contributed by atoms with Gasteiger partial charge in [-0.15, -0.1) is 0 Å². The van der Waals surface area contributed by atoms with Gasteiger partial charge in [0.15, 0.2) is 5.65 Å². The zero-order valence-electron chi connectivity index (χ0n) is 22.4. The number of benzene rings is 1. The molecule has 0 saturated carbocycles. The Kier molecular flexibility index (Phi) is 7.46. The molecule has 1 fully saturated rings. The molecule has 1 saturated heterocycles. The molecule has 0 unspecified atom stereocenters. The maximum absolute atomic E-state index is 14.8. The first kappa shape index (κ1) is 28.5. The quantitative estimate of drug-likeness (QED) is 0.392. The van der Waals surface area contributed by atoms with E-state index in [1.165, 1.54) is 19.2 Å². The SMILES string of the molecule is Cc1nc(N[C@H](C)c2cccc(C(F)(F)F)c2F)c2cc(C3(O)CCN(C(=O)OC(C)(C)C)CC3)cnc2n1. The fraction of sp³-hybridized carbons (Fsp3) is 0.481. The van der Waals surface area contributed by atoms with Gasteiger partial charge in [-0.3, -0.25) is 0 Å². The molecule has 1 aliphatic rings. The van der Waals surface area contributed by atoms with Crippen LogP contribution in [0.2, 0.25) is 0 Å². The van der Waals surface area contributed by atoms with Gasteiger partial charge in [-0.25, -0.2) is 24.1 Å². The van der Waals surface area contributed by atoms with Gasteiger partial charge in [0.1, 0.15) is 23.1 Å². The van der Waals surface area contributed by atoms with Crippen LogP contribution in [0.3, 0.4) is 0 Å². The predicted octanol–water partition coefficient (Wildman–Crippen LogP) is 5.88. The van der Waals surface area contributed by atoms with Crippen LogP contribution in [-0.2, 0) is 16.5 Å². The highest BCUT2D eigenvalue weighted by atomic mass is 19.4. The summed E-state index contributed by atoms with van der Waals surface area (Å²) in [5, 5.41) is 14.9. The lowest BCUT2D eigenvalue weighted by Crippen LogP contribution is -2.46. The Morgan fingerprint density at radius 1 is 1.18 bits per heavy atom. The average Bonchev–Trinajstić information content (AvgIpc) is 2.82. The summed E-state index contributed by atoms with van der Waals surface area (Å²) in [6, 6.07) is 3.92. The first-order valence-electron chi connectivity index (χ1n) is 12.5. The highest BCUT2D eigenvalue weighted by molar-refractivity contribution is 5.87. The summed E-state index contributed by atoms with van der Waals surface area (Å²) in [5.74, 6) is -0.762. The third-order valence-corrected chi connectivity index (χ3v) is 6.60. The van der Waals surface area contributed by atoms with E-state index in [9.17, 15) is 27.5 Å². The van der Waals surface area contributed by atoms with Crippen molar-refractivity contribution in [1.82, 2.24) is 19.9 Å². The lowest BCUT2D eigenvalue weighted by atomic mass is 9.85. The van der Waals surface area contributed by atoms with E-state index in [0.717, 1.165) is 6.07 Å². The van der Waals surface area contributed by atoms with E-state index in [0.29, 0.717) is 28.5 Å². The summed E-state index contributed by atoms with van der Waals surface area (Å²) in [6.07, 6.45) is -3.29. The van der Waals surface area contributed by atoms with Crippen LogP contribution in [0.1, 0.15) is 69.1 Å². The maximum atomic E-state index is 14.8. The van der Waals surface area contributed by atoms with Gasteiger partial charge in [-0.05, 0) is 59.6 Å². The molecule has 0 spiro atoms. The second kappa shape index (κ2) is 10.2. The second-order valence-corrected chi connectivity index (χ2v) is 10.8. The summed E-state index contributed by atoms with van der Waals surface area (Å²) >= 11 is 0. The molecule has 4 rings (SSSR count). The van der Waals surface area contributed by atoms with Gasteiger partial charge >= 0.3 is 12.3 Å². The number of pyridine rings is 1. The van der Waals surface area contributed by atoms with Crippen molar-refractivity contribution in [2.75, 3.05) is 18.4 Å². The number of amides is 1. The number of alkyl halides is 3. The number of carbonyl (C=O) groups is 1. The van der Waals surface area contributed by atoms with Crippen LogP contribution < -0.4 is 5.32 Å². The smallest absolute Gasteiger partial charge is 0.419 e. The van der Waals surface area contributed by atoms with Crippen molar-refractivity contribution in [1.29, 1.82) is 0 Å². The number of ether oxygens (including phenoxy) is 1. The second-order valence-electron chi connectivity index (χ2n) is 10.8. The number of anilines is 1. The lowest BCUT2D eigenvalue weighted by Gasteiger charge is -2.38. The molecule has 2 aromatic heterocycles. The number of rotatable bonds is 4. The van der Waals surface area contributed by atoms with Crippen molar-refractivity contribution in [3.63, 3.8) is 0 Å². The number of nitrogens with zero attached hydrogens (tertiary/aromatic N) is 4. The summed E-state index contributed by atoms with van der Waals surface area (Å²) in [4.78, 5) is 27.1. The van der Waals surface area contributed by atoms with Crippen LogP contribution in [0.25, 0.3) is 11.0 Å². The monoisotopic (exact) mass is 549 g/mol. The van der Waals surface area contributed by atoms with Crippen LogP contribution in [0, 0.1) is 12.7 Å². The first-order valence-corrected chi connectivity index (χ1v) is 12.5. The number of aryl methyl sites for hydroxylation is 1. The summed E-state index contributed by atoms with van der Waals surface area (Å²) in [7, 11) is 0. The molecule has 1 amide bonds. The highest BCUT2D eigenvalue weighted by Gasteiger charge is 2.38. The molecule has 2 N–H and O–H groups in total. The van der Waals surface area contributed by atoms with Crippen LogP contribution in [0.15, 0.2) is 30.5 Å². The summed E-state index contributed by atoms with van der Waals surface area (Å²) in [5.41, 5.74) is -2.66. The Bertz CT molecular complexity index is 1380.